The molecule has 2 rings (SSSR count). The van der Waals surface area contributed by atoms with Crippen LogP contribution in [0.3, 0.4) is 0 Å². The minimum Gasteiger partial charge on any atom is -0.466 e. The zero-order chi connectivity index (χ0) is 22.9. The number of esters is 1. The van der Waals surface area contributed by atoms with E-state index >= 15 is 0 Å². The third-order valence-electron chi connectivity index (χ3n) is 6.12. The molecule has 2 aromatic carbocycles. The Kier molecular flexibility index (Phi) is 13.5. The summed E-state index contributed by atoms with van der Waals surface area (Å²) in [7, 11) is 0. The molecule has 0 heterocycles. The van der Waals surface area contributed by atoms with Crippen LogP contribution in [0, 0.1) is 0 Å². The summed E-state index contributed by atoms with van der Waals surface area (Å²) in [4.78, 5) is 11.5. The Balaban J connectivity index is 1.65. The molecule has 2 heteroatoms. The van der Waals surface area contributed by atoms with E-state index in [4.69, 9.17) is 4.74 Å². The minimum atomic E-state index is -0.0513. The highest BCUT2D eigenvalue weighted by molar-refractivity contribution is 5.69. The van der Waals surface area contributed by atoms with Crippen molar-refractivity contribution >= 4 is 5.97 Å². The molecule has 2 aromatic rings. The highest BCUT2D eigenvalue weighted by atomic mass is 16.5. The van der Waals surface area contributed by atoms with Crippen LogP contribution in [0.4, 0.5) is 0 Å². The van der Waals surface area contributed by atoms with Crippen LogP contribution in [0.2, 0.25) is 0 Å². The number of rotatable bonds is 17. The maximum Gasteiger partial charge on any atom is 0.305 e. The van der Waals surface area contributed by atoms with Gasteiger partial charge in [-0.3, -0.25) is 4.79 Å². The molecule has 0 bridgehead atoms. The lowest BCUT2D eigenvalue weighted by Crippen LogP contribution is -2.04. The largest absolute Gasteiger partial charge is 0.466 e. The van der Waals surface area contributed by atoms with Crippen molar-refractivity contribution in [1.82, 2.24) is 0 Å². The van der Waals surface area contributed by atoms with E-state index in [-0.39, 0.29) is 5.97 Å². The van der Waals surface area contributed by atoms with Crippen molar-refractivity contribution in [2.45, 2.75) is 104 Å². The van der Waals surface area contributed by atoms with Gasteiger partial charge in [0, 0.05) is 6.42 Å². The summed E-state index contributed by atoms with van der Waals surface area (Å²) in [6.07, 6.45) is 16.4. The Labute approximate surface area is 196 Å². The van der Waals surface area contributed by atoms with E-state index in [0.717, 1.165) is 32.1 Å². The molecule has 0 aliphatic heterocycles. The van der Waals surface area contributed by atoms with Crippen molar-refractivity contribution in [1.29, 1.82) is 0 Å². The van der Waals surface area contributed by atoms with E-state index in [9.17, 15) is 4.79 Å². The predicted octanol–water partition coefficient (Wildman–Crippen LogP) is 8.70. The quantitative estimate of drug-likeness (QED) is 0.183. The molecule has 0 radical (unpaired) electrons. The van der Waals surface area contributed by atoms with Crippen molar-refractivity contribution in [3.63, 3.8) is 0 Å². The average molecular weight is 437 g/mol. The van der Waals surface area contributed by atoms with E-state index in [1.165, 1.54) is 73.6 Å². The van der Waals surface area contributed by atoms with Gasteiger partial charge in [0.2, 0.25) is 0 Å². The lowest BCUT2D eigenvalue weighted by Gasteiger charge is -2.07. The third-order valence-corrected chi connectivity index (χ3v) is 6.12. The van der Waals surface area contributed by atoms with Crippen LogP contribution in [-0.2, 0) is 22.4 Å². The van der Waals surface area contributed by atoms with Crippen molar-refractivity contribution in [3.05, 3.63) is 59.7 Å². The molecule has 0 amide bonds. The summed E-state index contributed by atoms with van der Waals surface area (Å²) in [5, 5.41) is 0. The second-order valence-electron chi connectivity index (χ2n) is 9.05. The first kappa shape index (κ1) is 26.2. The number of carbonyl (C=O) groups is 1. The topological polar surface area (TPSA) is 26.3 Å². The lowest BCUT2D eigenvalue weighted by molar-refractivity contribution is -0.143. The number of benzene rings is 2. The van der Waals surface area contributed by atoms with Crippen LogP contribution in [0.25, 0.3) is 11.1 Å². The summed E-state index contributed by atoms with van der Waals surface area (Å²) in [6, 6.07) is 18.1. The standard InChI is InChI=1S/C30H44O2/c1-3-5-6-7-8-9-11-14-26-17-21-28(22-18-26)29-23-19-27(20-24-29)15-12-10-13-16-30(31)32-25-4-2/h17-24H,3-16,25H2,1-2H3. The molecule has 0 unspecified atom stereocenters. The number of aryl methyl sites for hydroxylation is 2. The van der Waals surface area contributed by atoms with Gasteiger partial charge in [0.1, 0.15) is 0 Å². The fourth-order valence-electron chi connectivity index (χ4n) is 4.08. The lowest BCUT2D eigenvalue weighted by atomic mass is 9.99. The SMILES string of the molecule is CCCCCCCCCc1ccc(-c2ccc(CCCCCC(=O)OCCC)cc2)cc1. The van der Waals surface area contributed by atoms with Gasteiger partial charge in [0.05, 0.1) is 6.61 Å². The van der Waals surface area contributed by atoms with Gasteiger partial charge in [-0.05, 0) is 60.8 Å². The molecule has 0 aliphatic rings. The molecule has 0 N–H and O–H groups in total. The van der Waals surface area contributed by atoms with Crippen LogP contribution in [0.1, 0.15) is 102 Å². The molecule has 32 heavy (non-hydrogen) atoms. The first-order valence-corrected chi connectivity index (χ1v) is 13.1. The molecule has 0 saturated heterocycles. The molecular weight excluding hydrogens is 392 g/mol. The molecule has 0 aromatic heterocycles. The van der Waals surface area contributed by atoms with E-state index in [1.807, 2.05) is 6.92 Å². The number of ether oxygens (including phenoxy) is 1. The van der Waals surface area contributed by atoms with Gasteiger partial charge >= 0.3 is 5.97 Å². The van der Waals surface area contributed by atoms with Crippen molar-refractivity contribution in [3.8, 4) is 11.1 Å². The first-order chi connectivity index (χ1) is 15.7. The van der Waals surface area contributed by atoms with Gasteiger partial charge < -0.3 is 4.74 Å². The first-order valence-electron chi connectivity index (χ1n) is 13.1. The minimum absolute atomic E-state index is 0.0513. The molecule has 2 nitrogen and oxygen atoms in total. The highest BCUT2D eigenvalue weighted by Gasteiger charge is 2.03. The van der Waals surface area contributed by atoms with Gasteiger partial charge in [-0.25, -0.2) is 0 Å². The summed E-state index contributed by atoms with van der Waals surface area (Å²) in [5.41, 5.74) is 5.41. The van der Waals surface area contributed by atoms with Crippen molar-refractivity contribution in [2.24, 2.45) is 0 Å². The van der Waals surface area contributed by atoms with E-state index in [2.05, 4.69) is 55.5 Å². The van der Waals surface area contributed by atoms with E-state index in [1.54, 1.807) is 0 Å². The second-order valence-corrected chi connectivity index (χ2v) is 9.05. The fraction of sp³-hybridized carbons (Fsp3) is 0.567. The van der Waals surface area contributed by atoms with Gasteiger partial charge in [0.25, 0.3) is 0 Å². The van der Waals surface area contributed by atoms with Gasteiger partial charge in [-0.2, -0.15) is 0 Å². The molecule has 0 saturated carbocycles. The van der Waals surface area contributed by atoms with Crippen LogP contribution in [0.5, 0.6) is 0 Å². The Morgan fingerprint density at radius 2 is 1.06 bits per heavy atom. The zero-order valence-corrected chi connectivity index (χ0v) is 20.5. The number of carbonyl (C=O) groups excluding carboxylic acids is 1. The summed E-state index contributed by atoms with van der Waals surface area (Å²) >= 11 is 0. The molecule has 176 valence electrons. The fourth-order valence-corrected chi connectivity index (χ4v) is 4.08. The van der Waals surface area contributed by atoms with Gasteiger partial charge in [0.15, 0.2) is 0 Å². The van der Waals surface area contributed by atoms with Crippen molar-refractivity contribution < 1.29 is 9.53 Å². The second kappa shape index (κ2) is 16.5. The Hall–Kier alpha value is -2.09. The molecular formula is C30H44O2. The third kappa shape index (κ3) is 11.0. The average Bonchev–Trinajstić information content (AvgIpc) is 2.83. The monoisotopic (exact) mass is 436 g/mol. The van der Waals surface area contributed by atoms with Crippen LogP contribution >= 0.6 is 0 Å². The van der Waals surface area contributed by atoms with Crippen LogP contribution in [-0.4, -0.2) is 12.6 Å². The van der Waals surface area contributed by atoms with E-state index in [0.29, 0.717) is 13.0 Å². The summed E-state index contributed by atoms with van der Waals surface area (Å²) in [5.74, 6) is -0.0513. The maximum absolute atomic E-state index is 11.5. The predicted molar refractivity (Wildman–Crippen MR) is 137 cm³/mol. The smallest absolute Gasteiger partial charge is 0.305 e. The van der Waals surface area contributed by atoms with E-state index < -0.39 is 0 Å². The van der Waals surface area contributed by atoms with Gasteiger partial charge in [-0.1, -0.05) is 107 Å². The molecule has 0 fully saturated rings. The van der Waals surface area contributed by atoms with Gasteiger partial charge in [-0.15, -0.1) is 0 Å². The van der Waals surface area contributed by atoms with Crippen molar-refractivity contribution in [2.75, 3.05) is 6.61 Å². The number of hydrogen-bond donors (Lipinski definition) is 0. The number of hydrogen-bond acceptors (Lipinski definition) is 2. The Bertz CT molecular complexity index is 730. The van der Waals surface area contributed by atoms with Crippen LogP contribution < -0.4 is 0 Å². The molecule has 0 spiro atoms. The number of unbranched alkanes of at least 4 members (excludes halogenated alkanes) is 8. The molecule has 0 aliphatic carbocycles. The molecule has 0 atom stereocenters. The Morgan fingerprint density at radius 3 is 1.56 bits per heavy atom. The highest BCUT2D eigenvalue weighted by Crippen LogP contribution is 2.22. The zero-order valence-electron chi connectivity index (χ0n) is 20.5. The summed E-state index contributed by atoms with van der Waals surface area (Å²) in [6.45, 7) is 4.84. The summed E-state index contributed by atoms with van der Waals surface area (Å²) < 4.78 is 5.12. The Morgan fingerprint density at radius 1 is 0.594 bits per heavy atom. The maximum atomic E-state index is 11.5. The van der Waals surface area contributed by atoms with Crippen LogP contribution in [0.15, 0.2) is 48.5 Å². The normalized spacial score (nSPS) is 10.9.